The monoisotopic (exact) mass is 478 g/mol. The molecule has 1 aliphatic rings. The van der Waals surface area contributed by atoms with Crippen LogP contribution in [0.1, 0.15) is 31.1 Å². The van der Waals surface area contributed by atoms with Gasteiger partial charge in [-0.1, -0.05) is 34.1 Å². The number of carbonyl (C=O) groups is 4. The van der Waals surface area contributed by atoms with Crippen molar-refractivity contribution in [2.24, 2.45) is 0 Å². The van der Waals surface area contributed by atoms with Crippen molar-refractivity contribution >= 4 is 51.0 Å². The first-order chi connectivity index (χ1) is 14.9. The SMILES string of the molecule is O=C(COC(=O)c1cccc(N2C(=O)c3ccccc3C2=O)c1)Nc1ccc(Br)cc1. The van der Waals surface area contributed by atoms with Crippen molar-refractivity contribution in [1.82, 2.24) is 0 Å². The van der Waals surface area contributed by atoms with Gasteiger partial charge < -0.3 is 10.1 Å². The molecule has 31 heavy (non-hydrogen) atoms. The van der Waals surface area contributed by atoms with Gasteiger partial charge in [-0.25, -0.2) is 9.69 Å². The third kappa shape index (κ3) is 4.24. The number of halogens is 1. The number of hydrogen-bond donors (Lipinski definition) is 1. The smallest absolute Gasteiger partial charge is 0.338 e. The Morgan fingerprint density at radius 1 is 0.871 bits per heavy atom. The second-order valence-corrected chi connectivity index (χ2v) is 7.59. The molecule has 0 radical (unpaired) electrons. The first-order valence-corrected chi connectivity index (χ1v) is 10.0. The highest BCUT2D eigenvalue weighted by Gasteiger charge is 2.36. The minimum atomic E-state index is -0.746. The van der Waals surface area contributed by atoms with Crippen LogP contribution in [-0.4, -0.2) is 30.3 Å². The van der Waals surface area contributed by atoms with E-state index in [1.54, 1.807) is 54.6 Å². The Kier molecular flexibility index (Phi) is 5.64. The van der Waals surface area contributed by atoms with Crippen LogP contribution in [0.15, 0.2) is 77.3 Å². The molecule has 0 aliphatic carbocycles. The summed E-state index contributed by atoms with van der Waals surface area (Å²) in [6, 6.07) is 19.4. The summed E-state index contributed by atoms with van der Waals surface area (Å²) in [7, 11) is 0. The van der Waals surface area contributed by atoms with E-state index in [1.807, 2.05) is 0 Å². The number of carbonyl (C=O) groups excluding carboxylic acids is 4. The van der Waals surface area contributed by atoms with E-state index in [4.69, 9.17) is 4.74 Å². The van der Waals surface area contributed by atoms with Gasteiger partial charge in [0.15, 0.2) is 6.61 Å². The lowest BCUT2D eigenvalue weighted by atomic mass is 10.1. The fourth-order valence-corrected chi connectivity index (χ4v) is 3.40. The number of hydrogen-bond acceptors (Lipinski definition) is 5. The number of esters is 1. The van der Waals surface area contributed by atoms with Crippen molar-refractivity contribution in [2.45, 2.75) is 0 Å². The van der Waals surface area contributed by atoms with Crippen molar-refractivity contribution in [1.29, 1.82) is 0 Å². The molecule has 1 heterocycles. The van der Waals surface area contributed by atoms with Crippen LogP contribution in [-0.2, 0) is 9.53 Å². The van der Waals surface area contributed by atoms with Gasteiger partial charge in [0.1, 0.15) is 0 Å². The average molecular weight is 479 g/mol. The van der Waals surface area contributed by atoms with E-state index in [0.717, 1.165) is 9.37 Å². The number of amides is 3. The fourth-order valence-electron chi connectivity index (χ4n) is 3.14. The number of fused-ring (bicyclic) bond motifs is 1. The first kappa shape index (κ1) is 20.5. The van der Waals surface area contributed by atoms with Crippen LogP contribution >= 0.6 is 15.9 Å². The summed E-state index contributed by atoms with van der Waals surface area (Å²) in [5.41, 5.74) is 1.55. The predicted molar refractivity (Wildman–Crippen MR) is 117 cm³/mol. The zero-order chi connectivity index (χ0) is 22.0. The van der Waals surface area contributed by atoms with E-state index in [9.17, 15) is 19.2 Å². The van der Waals surface area contributed by atoms with Crippen LogP contribution in [0.25, 0.3) is 0 Å². The largest absolute Gasteiger partial charge is 0.452 e. The third-order valence-corrected chi connectivity index (χ3v) is 5.13. The van der Waals surface area contributed by atoms with E-state index in [2.05, 4.69) is 21.2 Å². The van der Waals surface area contributed by atoms with Crippen LogP contribution in [0.3, 0.4) is 0 Å². The van der Waals surface area contributed by atoms with Gasteiger partial charge in [0.25, 0.3) is 17.7 Å². The fraction of sp³-hybridized carbons (Fsp3) is 0.0435. The van der Waals surface area contributed by atoms with Gasteiger partial charge in [-0.2, -0.15) is 0 Å². The summed E-state index contributed by atoms with van der Waals surface area (Å²) in [6.45, 7) is -0.480. The number of rotatable bonds is 5. The molecule has 0 unspecified atom stereocenters. The molecule has 7 nitrogen and oxygen atoms in total. The average Bonchev–Trinajstić information content (AvgIpc) is 3.04. The molecular formula is C23H15BrN2O5. The molecule has 3 amide bonds. The molecule has 8 heteroatoms. The normalized spacial score (nSPS) is 12.5. The Labute approximate surface area is 185 Å². The highest BCUT2D eigenvalue weighted by Crippen LogP contribution is 2.28. The maximum atomic E-state index is 12.6. The van der Waals surface area contributed by atoms with E-state index in [0.29, 0.717) is 16.8 Å². The summed E-state index contributed by atoms with van der Waals surface area (Å²) in [6.07, 6.45) is 0. The van der Waals surface area contributed by atoms with Crippen molar-refractivity contribution in [3.63, 3.8) is 0 Å². The van der Waals surface area contributed by atoms with E-state index >= 15 is 0 Å². The summed E-state index contributed by atoms with van der Waals surface area (Å²) in [5.74, 6) is -2.16. The van der Waals surface area contributed by atoms with Gasteiger partial charge in [0, 0.05) is 10.2 Å². The Morgan fingerprint density at radius 2 is 1.52 bits per heavy atom. The van der Waals surface area contributed by atoms with Gasteiger partial charge in [-0.3, -0.25) is 14.4 Å². The van der Waals surface area contributed by atoms with E-state index in [-0.39, 0.29) is 11.3 Å². The number of imide groups is 1. The lowest BCUT2D eigenvalue weighted by molar-refractivity contribution is -0.119. The molecule has 154 valence electrons. The maximum absolute atomic E-state index is 12.6. The molecule has 0 saturated carbocycles. The highest BCUT2D eigenvalue weighted by molar-refractivity contribution is 9.10. The lowest BCUT2D eigenvalue weighted by Crippen LogP contribution is -2.29. The Hall–Kier alpha value is -3.78. The molecule has 0 spiro atoms. The van der Waals surface area contributed by atoms with Crippen LogP contribution in [0.2, 0.25) is 0 Å². The molecule has 0 fully saturated rings. The van der Waals surface area contributed by atoms with Crippen molar-refractivity contribution in [3.05, 3.63) is 94.0 Å². The number of ether oxygens (including phenoxy) is 1. The molecule has 0 saturated heterocycles. The Bertz CT molecular complexity index is 1170. The van der Waals surface area contributed by atoms with Crippen LogP contribution < -0.4 is 10.2 Å². The van der Waals surface area contributed by atoms with Gasteiger partial charge in [0.05, 0.1) is 22.4 Å². The molecule has 1 aliphatic heterocycles. The van der Waals surface area contributed by atoms with Crippen molar-refractivity contribution in [3.8, 4) is 0 Å². The van der Waals surface area contributed by atoms with E-state index in [1.165, 1.54) is 18.2 Å². The quantitative estimate of drug-likeness (QED) is 0.441. The Morgan fingerprint density at radius 3 is 2.16 bits per heavy atom. The number of benzene rings is 3. The maximum Gasteiger partial charge on any atom is 0.338 e. The number of nitrogens with zero attached hydrogens (tertiary/aromatic N) is 1. The zero-order valence-electron chi connectivity index (χ0n) is 16.0. The van der Waals surface area contributed by atoms with Crippen LogP contribution in [0.5, 0.6) is 0 Å². The second-order valence-electron chi connectivity index (χ2n) is 6.67. The van der Waals surface area contributed by atoms with Crippen LogP contribution in [0.4, 0.5) is 11.4 Å². The van der Waals surface area contributed by atoms with Crippen molar-refractivity contribution in [2.75, 3.05) is 16.8 Å². The molecular weight excluding hydrogens is 464 g/mol. The molecule has 0 aromatic heterocycles. The van der Waals surface area contributed by atoms with Gasteiger partial charge in [0.2, 0.25) is 0 Å². The summed E-state index contributed by atoms with van der Waals surface area (Å²) < 4.78 is 5.94. The minimum absolute atomic E-state index is 0.116. The van der Waals surface area contributed by atoms with Crippen molar-refractivity contribution < 1.29 is 23.9 Å². The number of anilines is 2. The molecule has 0 bridgehead atoms. The van der Waals surface area contributed by atoms with Crippen LogP contribution in [0, 0.1) is 0 Å². The lowest BCUT2D eigenvalue weighted by Gasteiger charge is -2.14. The highest BCUT2D eigenvalue weighted by atomic mass is 79.9. The first-order valence-electron chi connectivity index (χ1n) is 9.24. The summed E-state index contributed by atoms with van der Waals surface area (Å²) >= 11 is 3.31. The predicted octanol–water partition coefficient (Wildman–Crippen LogP) is 4.05. The van der Waals surface area contributed by atoms with Gasteiger partial charge in [-0.15, -0.1) is 0 Å². The van der Waals surface area contributed by atoms with Gasteiger partial charge in [-0.05, 0) is 54.6 Å². The summed E-state index contributed by atoms with van der Waals surface area (Å²) in [5, 5.41) is 2.62. The third-order valence-electron chi connectivity index (χ3n) is 4.60. The molecule has 0 atom stereocenters. The zero-order valence-corrected chi connectivity index (χ0v) is 17.6. The Balaban J connectivity index is 1.43. The summed E-state index contributed by atoms with van der Waals surface area (Å²) in [4.78, 5) is 50.7. The minimum Gasteiger partial charge on any atom is -0.452 e. The van der Waals surface area contributed by atoms with E-state index < -0.39 is 30.3 Å². The number of nitrogens with one attached hydrogen (secondary N) is 1. The molecule has 1 N–H and O–H groups in total. The standard InChI is InChI=1S/C23H15BrN2O5/c24-15-8-10-16(11-9-15)25-20(27)13-31-23(30)14-4-3-5-17(12-14)26-21(28)18-6-1-2-7-19(18)22(26)29/h1-12H,13H2,(H,25,27). The van der Waals surface area contributed by atoms with Gasteiger partial charge >= 0.3 is 5.97 Å². The second kappa shape index (κ2) is 8.53. The topological polar surface area (TPSA) is 92.8 Å². The molecule has 4 rings (SSSR count). The molecule has 3 aromatic carbocycles. The molecule has 3 aromatic rings.